The molecule has 2 amide bonds. The van der Waals surface area contributed by atoms with Crippen molar-refractivity contribution in [2.45, 2.75) is 26.8 Å². The second kappa shape index (κ2) is 7.55. The summed E-state index contributed by atoms with van der Waals surface area (Å²) < 4.78 is 5.15. The Morgan fingerprint density at radius 2 is 1.77 bits per heavy atom. The zero-order valence-corrected chi connectivity index (χ0v) is 15.2. The molecular formula is C18H23N5O3. The third-order valence-corrected chi connectivity index (χ3v) is 4.08. The number of nitrogens with one attached hydrogen (secondary N) is 1. The van der Waals surface area contributed by atoms with Crippen LogP contribution in [0.25, 0.3) is 0 Å². The molecule has 8 nitrogen and oxygen atoms in total. The number of anilines is 1. The van der Waals surface area contributed by atoms with Gasteiger partial charge in [0.25, 0.3) is 11.8 Å². The van der Waals surface area contributed by atoms with Gasteiger partial charge in [-0.15, -0.1) is 0 Å². The standard InChI is InChI=1S/C18H23N5O3/c1-12(2)19-16-11-14(20-13(3)21-16)17(24)22-6-8-23(9-7-22)18(25)15-5-4-10-26-15/h4-5,10-12H,6-9H2,1-3H3,(H,19,20,21). The summed E-state index contributed by atoms with van der Waals surface area (Å²) in [4.78, 5) is 37.1. The van der Waals surface area contributed by atoms with Gasteiger partial charge < -0.3 is 19.5 Å². The SMILES string of the molecule is Cc1nc(NC(C)C)cc(C(=O)N2CCN(C(=O)c3ccco3)CC2)n1. The summed E-state index contributed by atoms with van der Waals surface area (Å²) in [6, 6.07) is 5.22. The molecule has 1 saturated heterocycles. The van der Waals surface area contributed by atoms with Crippen LogP contribution in [0, 0.1) is 6.92 Å². The van der Waals surface area contributed by atoms with Crippen LogP contribution in [-0.2, 0) is 0 Å². The van der Waals surface area contributed by atoms with E-state index in [0.717, 1.165) is 0 Å². The summed E-state index contributed by atoms with van der Waals surface area (Å²) in [5.41, 5.74) is 0.367. The van der Waals surface area contributed by atoms with E-state index in [2.05, 4.69) is 15.3 Å². The molecule has 0 unspecified atom stereocenters. The van der Waals surface area contributed by atoms with Crippen molar-refractivity contribution in [1.82, 2.24) is 19.8 Å². The van der Waals surface area contributed by atoms with Gasteiger partial charge in [-0.2, -0.15) is 0 Å². The molecule has 138 valence electrons. The molecule has 0 radical (unpaired) electrons. The number of aromatic nitrogens is 2. The molecule has 1 N–H and O–H groups in total. The predicted octanol–water partition coefficient (Wildman–Crippen LogP) is 1.80. The summed E-state index contributed by atoms with van der Waals surface area (Å²) in [6.07, 6.45) is 1.48. The number of rotatable bonds is 4. The molecular weight excluding hydrogens is 334 g/mol. The molecule has 0 saturated carbocycles. The highest BCUT2D eigenvalue weighted by Crippen LogP contribution is 2.14. The smallest absolute Gasteiger partial charge is 0.289 e. The number of carbonyl (C=O) groups is 2. The van der Waals surface area contributed by atoms with Crippen LogP contribution in [0.3, 0.4) is 0 Å². The van der Waals surface area contributed by atoms with Crippen LogP contribution in [0.4, 0.5) is 5.82 Å². The lowest BCUT2D eigenvalue weighted by atomic mass is 10.2. The second-order valence-electron chi connectivity index (χ2n) is 6.55. The van der Waals surface area contributed by atoms with Crippen LogP contribution >= 0.6 is 0 Å². The fraction of sp³-hybridized carbons (Fsp3) is 0.444. The largest absolute Gasteiger partial charge is 0.459 e. The molecule has 26 heavy (non-hydrogen) atoms. The maximum Gasteiger partial charge on any atom is 0.289 e. The Kier molecular flexibility index (Phi) is 5.20. The van der Waals surface area contributed by atoms with Crippen molar-refractivity contribution in [3.05, 3.63) is 41.7 Å². The van der Waals surface area contributed by atoms with Crippen molar-refractivity contribution >= 4 is 17.6 Å². The quantitative estimate of drug-likeness (QED) is 0.897. The number of nitrogens with zero attached hydrogens (tertiary/aromatic N) is 4. The van der Waals surface area contributed by atoms with E-state index in [1.807, 2.05) is 13.8 Å². The van der Waals surface area contributed by atoms with E-state index < -0.39 is 0 Å². The fourth-order valence-electron chi connectivity index (χ4n) is 2.88. The number of carbonyl (C=O) groups excluding carboxylic acids is 2. The van der Waals surface area contributed by atoms with Gasteiger partial charge in [0, 0.05) is 38.3 Å². The van der Waals surface area contributed by atoms with E-state index in [0.29, 0.717) is 49.3 Å². The van der Waals surface area contributed by atoms with Crippen LogP contribution < -0.4 is 5.32 Å². The lowest BCUT2D eigenvalue weighted by Gasteiger charge is -2.34. The number of amides is 2. The minimum Gasteiger partial charge on any atom is -0.459 e. The van der Waals surface area contributed by atoms with E-state index in [4.69, 9.17) is 4.42 Å². The van der Waals surface area contributed by atoms with Crippen LogP contribution in [0.5, 0.6) is 0 Å². The molecule has 3 rings (SSSR count). The molecule has 1 aliphatic rings. The van der Waals surface area contributed by atoms with Crippen molar-refractivity contribution in [1.29, 1.82) is 0 Å². The highest BCUT2D eigenvalue weighted by Gasteiger charge is 2.27. The minimum atomic E-state index is -0.150. The van der Waals surface area contributed by atoms with E-state index in [1.165, 1.54) is 6.26 Å². The maximum atomic E-state index is 12.8. The monoisotopic (exact) mass is 357 g/mol. The zero-order valence-electron chi connectivity index (χ0n) is 15.2. The van der Waals surface area contributed by atoms with Gasteiger partial charge in [0.15, 0.2) is 5.76 Å². The summed E-state index contributed by atoms with van der Waals surface area (Å²) in [5.74, 6) is 1.21. The van der Waals surface area contributed by atoms with Crippen molar-refractivity contribution in [2.75, 3.05) is 31.5 Å². The Labute approximate surface area is 152 Å². The molecule has 2 aromatic rings. The van der Waals surface area contributed by atoms with E-state index >= 15 is 0 Å². The van der Waals surface area contributed by atoms with Crippen LogP contribution in [0.1, 0.15) is 40.7 Å². The second-order valence-corrected chi connectivity index (χ2v) is 6.55. The number of furan rings is 1. The van der Waals surface area contributed by atoms with Crippen molar-refractivity contribution in [3.8, 4) is 0 Å². The Morgan fingerprint density at radius 1 is 1.12 bits per heavy atom. The highest BCUT2D eigenvalue weighted by atomic mass is 16.3. The Morgan fingerprint density at radius 3 is 2.35 bits per heavy atom. The molecule has 2 aromatic heterocycles. The minimum absolute atomic E-state index is 0.146. The third-order valence-electron chi connectivity index (χ3n) is 4.08. The first kappa shape index (κ1) is 17.9. The molecule has 0 spiro atoms. The first-order chi connectivity index (χ1) is 12.4. The summed E-state index contributed by atoms with van der Waals surface area (Å²) >= 11 is 0. The molecule has 1 fully saturated rings. The van der Waals surface area contributed by atoms with Gasteiger partial charge in [0.05, 0.1) is 6.26 Å². The Bertz CT molecular complexity index is 780. The normalized spacial score (nSPS) is 14.6. The molecule has 0 atom stereocenters. The maximum absolute atomic E-state index is 12.8. The number of hydrogen-bond acceptors (Lipinski definition) is 6. The molecule has 0 bridgehead atoms. The van der Waals surface area contributed by atoms with E-state index in [9.17, 15) is 9.59 Å². The first-order valence-electron chi connectivity index (χ1n) is 8.68. The average Bonchev–Trinajstić information content (AvgIpc) is 3.14. The predicted molar refractivity (Wildman–Crippen MR) is 96.0 cm³/mol. The lowest BCUT2D eigenvalue weighted by molar-refractivity contribution is 0.0515. The first-order valence-corrected chi connectivity index (χ1v) is 8.68. The van der Waals surface area contributed by atoms with Crippen LogP contribution in [0.2, 0.25) is 0 Å². The van der Waals surface area contributed by atoms with E-state index in [1.54, 1.807) is 34.9 Å². The van der Waals surface area contributed by atoms with Gasteiger partial charge >= 0.3 is 0 Å². The van der Waals surface area contributed by atoms with Gasteiger partial charge in [-0.1, -0.05) is 0 Å². The zero-order chi connectivity index (χ0) is 18.7. The Balaban J connectivity index is 1.65. The molecule has 1 aliphatic heterocycles. The molecule has 0 aliphatic carbocycles. The molecule has 3 heterocycles. The third kappa shape index (κ3) is 4.01. The summed E-state index contributed by atoms with van der Waals surface area (Å²) in [5, 5.41) is 3.20. The van der Waals surface area contributed by atoms with Gasteiger partial charge in [-0.3, -0.25) is 9.59 Å². The lowest BCUT2D eigenvalue weighted by Crippen LogP contribution is -2.50. The van der Waals surface area contributed by atoms with Crippen molar-refractivity contribution < 1.29 is 14.0 Å². The molecule has 0 aromatic carbocycles. The molecule has 8 heteroatoms. The van der Waals surface area contributed by atoms with Crippen LogP contribution in [-0.4, -0.2) is 63.8 Å². The van der Waals surface area contributed by atoms with Gasteiger partial charge in [-0.25, -0.2) is 9.97 Å². The van der Waals surface area contributed by atoms with Gasteiger partial charge in [-0.05, 0) is 32.9 Å². The van der Waals surface area contributed by atoms with Gasteiger partial charge in [0.2, 0.25) is 0 Å². The summed E-state index contributed by atoms with van der Waals surface area (Å²) in [6.45, 7) is 7.63. The topological polar surface area (TPSA) is 91.6 Å². The van der Waals surface area contributed by atoms with Crippen LogP contribution in [0.15, 0.2) is 28.9 Å². The number of hydrogen-bond donors (Lipinski definition) is 1. The van der Waals surface area contributed by atoms with Crippen molar-refractivity contribution in [2.24, 2.45) is 0 Å². The van der Waals surface area contributed by atoms with Crippen molar-refractivity contribution in [3.63, 3.8) is 0 Å². The average molecular weight is 357 g/mol. The summed E-state index contributed by atoms with van der Waals surface area (Å²) in [7, 11) is 0. The van der Waals surface area contributed by atoms with Gasteiger partial charge in [0.1, 0.15) is 17.3 Å². The van der Waals surface area contributed by atoms with E-state index in [-0.39, 0.29) is 17.9 Å². The number of piperazine rings is 1. The highest BCUT2D eigenvalue weighted by molar-refractivity contribution is 5.94. The fourth-order valence-corrected chi connectivity index (χ4v) is 2.88. The number of aryl methyl sites for hydroxylation is 1. The Hall–Kier alpha value is -2.90.